The van der Waals surface area contributed by atoms with Crippen molar-refractivity contribution in [3.8, 4) is 11.5 Å². The SMILES string of the molecule is CC(C)Oc1ccc(CNC(=O)COc2ccc(F)cc2F)cc1. The van der Waals surface area contributed by atoms with Crippen molar-refractivity contribution in [1.82, 2.24) is 5.32 Å². The number of hydrogen-bond donors (Lipinski definition) is 1. The van der Waals surface area contributed by atoms with E-state index < -0.39 is 17.5 Å². The minimum Gasteiger partial charge on any atom is -0.491 e. The predicted molar refractivity (Wildman–Crippen MR) is 85.9 cm³/mol. The number of rotatable bonds is 7. The molecule has 2 aromatic rings. The summed E-state index contributed by atoms with van der Waals surface area (Å²) in [4.78, 5) is 11.7. The third kappa shape index (κ3) is 5.53. The van der Waals surface area contributed by atoms with Gasteiger partial charge in [-0.2, -0.15) is 0 Å². The van der Waals surface area contributed by atoms with Gasteiger partial charge < -0.3 is 14.8 Å². The highest BCUT2D eigenvalue weighted by atomic mass is 19.1. The molecule has 6 heteroatoms. The molecule has 0 fully saturated rings. The molecule has 0 heterocycles. The molecule has 2 aromatic carbocycles. The summed E-state index contributed by atoms with van der Waals surface area (Å²) in [5, 5.41) is 2.66. The molecule has 0 aromatic heterocycles. The number of carbonyl (C=O) groups excluding carboxylic acids is 1. The van der Waals surface area contributed by atoms with Gasteiger partial charge in [0.25, 0.3) is 5.91 Å². The Bertz CT molecular complexity index is 687. The van der Waals surface area contributed by atoms with Crippen molar-refractivity contribution in [2.24, 2.45) is 0 Å². The van der Waals surface area contributed by atoms with Crippen LogP contribution < -0.4 is 14.8 Å². The molecule has 2 rings (SSSR count). The van der Waals surface area contributed by atoms with Crippen molar-refractivity contribution in [3.63, 3.8) is 0 Å². The quantitative estimate of drug-likeness (QED) is 0.843. The Balaban J connectivity index is 1.78. The first-order valence-electron chi connectivity index (χ1n) is 7.54. The molecule has 1 N–H and O–H groups in total. The minimum absolute atomic E-state index is 0.0968. The van der Waals surface area contributed by atoms with Gasteiger partial charge in [0.2, 0.25) is 0 Å². The van der Waals surface area contributed by atoms with Gasteiger partial charge in [-0.1, -0.05) is 12.1 Å². The normalized spacial score (nSPS) is 10.5. The van der Waals surface area contributed by atoms with Crippen LogP contribution in [-0.4, -0.2) is 18.6 Å². The van der Waals surface area contributed by atoms with Crippen molar-refractivity contribution in [3.05, 3.63) is 59.7 Å². The van der Waals surface area contributed by atoms with Gasteiger partial charge in [-0.25, -0.2) is 8.78 Å². The molecule has 0 radical (unpaired) electrons. The lowest BCUT2D eigenvalue weighted by Gasteiger charge is -2.11. The van der Waals surface area contributed by atoms with E-state index in [1.807, 2.05) is 38.1 Å². The molecule has 0 atom stereocenters. The molecule has 0 bridgehead atoms. The second-order valence-electron chi connectivity index (χ2n) is 5.45. The van der Waals surface area contributed by atoms with Gasteiger partial charge in [0, 0.05) is 12.6 Å². The van der Waals surface area contributed by atoms with Crippen LogP contribution in [0.3, 0.4) is 0 Å². The zero-order chi connectivity index (χ0) is 17.5. The molecule has 24 heavy (non-hydrogen) atoms. The van der Waals surface area contributed by atoms with Crippen LogP contribution in [0.25, 0.3) is 0 Å². The molecule has 0 aliphatic heterocycles. The van der Waals surface area contributed by atoms with Crippen LogP contribution in [0.2, 0.25) is 0 Å². The van der Waals surface area contributed by atoms with Gasteiger partial charge in [0.05, 0.1) is 6.10 Å². The minimum atomic E-state index is -0.844. The highest BCUT2D eigenvalue weighted by molar-refractivity contribution is 5.77. The summed E-state index contributed by atoms with van der Waals surface area (Å²) in [6.45, 7) is 3.85. The zero-order valence-electron chi connectivity index (χ0n) is 13.5. The summed E-state index contributed by atoms with van der Waals surface area (Å²) in [5.74, 6) is -1.35. The summed E-state index contributed by atoms with van der Waals surface area (Å²) in [6.07, 6.45) is 0.0968. The van der Waals surface area contributed by atoms with E-state index in [1.165, 1.54) is 0 Å². The fourth-order valence-electron chi connectivity index (χ4n) is 1.95. The van der Waals surface area contributed by atoms with E-state index in [0.717, 1.165) is 23.4 Å². The average Bonchev–Trinajstić information content (AvgIpc) is 2.53. The second-order valence-corrected chi connectivity index (χ2v) is 5.45. The van der Waals surface area contributed by atoms with Crippen molar-refractivity contribution in [2.75, 3.05) is 6.61 Å². The zero-order valence-corrected chi connectivity index (χ0v) is 13.5. The highest BCUT2D eigenvalue weighted by Gasteiger charge is 2.08. The van der Waals surface area contributed by atoms with Crippen molar-refractivity contribution in [2.45, 2.75) is 26.5 Å². The number of carbonyl (C=O) groups is 1. The van der Waals surface area contributed by atoms with E-state index in [0.29, 0.717) is 12.6 Å². The Kier molecular flexibility index (Phi) is 6.12. The fourth-order valence-corrected chi connectivity index (χ4v) is 1.95. The monoisotopic (exact) mass is 335 g/mol. The number of amides is 1. The molecule has 0 aliphatic rings. The standard InChI is InChI=1S/C18H19F2NO3/c1-12(2)24-15-6-3-13(4-7-15)10-21-18(22)11-23-17-8-5-14(19)9-16(17)20/h3-9,12H,10-11H2,1-2H3,(H,21,22). The average molecular weight is 335 g/mol. The van der Waals surface area contributed by atoms with Gasteiger partial charge in [0.15, 0.2) is 18.2 Å². The Labute approximate surface area is 139 Å². The Morgan fingerprint density at radius 1 is 1.12 bits per heavy atom. The Hall–Kier alpha value is -2.63. The van der Waals surface area contributed by atoms with Gasteiger partial charge in [-0.15, -0.1) is 0 Å². The van der Waals surface area contributed by atoms with Gasteiger partial charge >= 0.3 is 0 Å². The lowest BCUT2D eigenvalue weighted by atomic mass is 10.2. The van der Waals surface area contributed by atoms with E-state index in [9.17, 15) is 13.6 Å². The van der Waals surface area contributed by atoms with Crippen LogP contribution in [0.15, 0.2) is 42.5 Å². The molecule has 4 nitrogen and oxygen atoms in total. The summed E-state index contributed by atoms with van der Waals surface area (Å²) < 4.78 is 36.7. The largest absolute Gasteiger partial charge is 0.491 e. The maximum Gasteiger partial charge on any atom is 0.258 e. The number of hydrogen-bond acceptors (Lipinski definition) is 3. The number of ether oxygens (including phenoxy) is 2. The summed E-state index contributed by atoms with van der Waals surface area (Å²) in [6, 6.07) is 10.3. The van der Waals surface area contributed by atoms with Crippen LogP contribution >= 0.6 is 0 Å². The van der Waals surface area contributed by atoms with E-state index in [-0.39, 0.29) is 18.5 Å². The number of halogens is 2. The molecular weight excluding hydrogens is 316 g/mol. The molecule has 0 unspecified atom stereocenters. The van der Waals surface area contributed by atoms with Crippen molar-refractivity contribution < 1.29 is 23.0 Å². The Morgan fingerprint density at radius 3 is 2.46 bits per heavy atom. The molecule has 0 saturated carbocycles. The second kappa shape index (κ2) is 8.29. The number of benzene rings is 2. The first kappa shape index (κ1) is 17.7. The van der Waals surface area contributed by atoms with Crippen molar-refractivity contribution in [1.29, 1.82) is 0 Å². The van der Waals surface area contributed by atoms with E-state index in [1.54, 1.807) is 0 Å². The Morgan fingerprint density at radius 2 is 1.83 bits per heavy atom. The van der Waals surface area contributed by atoms with Gasteiger partial charge in [-0.05, 0) is 43.7 Å². The molecular formula is C18H19F2NO3. The molecule has 0 spiro atoms. The molecule has 128 valence electrons. The van der Waals surface area contributed by atoms with Crippen LogP contribution in [0.1, 0.15) is 19.4 Å². The maximum absolute atomic E-state index is 13.4. The predicted octanol–water partition coefficient (Wildman–Crippen LogP) is 3.45. The third-order valence-electron chi connectivity index (χ3n) is 3.04. The molecule has 1 amide bonds. The highest BCUT2D eigenvalue weighted by Crippen LogP contribution is 2.17. The topological polar surface area (TPSA) is 47.6 Å². The molecule has 0 saturated heterocycles. The maximum atomic E-state index is 13.4. The van der Waals surface area contributed by atoms with Crippen LogP contribution in [0.4, 0.5) is 8.78 Å². The van der Waals surface area contributed by atoms with Gasteiger partial charge in [-0.3, -0.25) is 4.79 Å². The lowest BCUT2D eigenvalue weighted by molar-refractivity contribution is -0.123. The van der Waals surface area contributed by atoms with E-state index in [2.05, 4.69) is 5.32 Å². The smallest absolute Gasteiger partial charge is 0.258 e. The first-order chi connectivity index (χ1) is 11.4. The molecule has 0 aliphatic carbocycles. The van der Waals surface area contributed by atoms with E-state index >= 15 is 0 Å². The number of nitrogens with one attached hydrogen (secondary N) is 1. The first-order valence-corrected chi connectivity index (χ1v) is 7.54. The van der Waals surface area contributed by atoms with Crippen LogP contribution in [0, 0.1) is 11.6 Å². The lowest BCUT2D eigenvalue weighted by Crippen LogP contribution is -2.28. The van der Waals surface area contributed by atoms with Gasteiger partial charge in [0.1, 0.15) is 11.6 Å². The fraction of sp³-hybridized carbons (Fsp3) is 0.278. The van der Waals surface area contributed by atoms with Crippen LogP contribution in [0.5, 0.6) is 11.5 Å². The summed E-state index contributed by atoms with van der Waals surface area (Å²) >= 11 is 0. The summed E-state index contributed by atoms with van der Waals surface area (Å²) in [7, 11) is 0. The van der Waals surface area contributed by atoms with Crippen LogP contribution in [-0.2, 0) is 11.3 Å². The van der Waals surface area contributed by atoms with E-state index in [4.69, 9.17) is 9.47 Å². The van der Waals surface area contributed by atoms with Crippen molar-refractivity contribution >= 4 is 5.91 Å². The summed E-state index contributed by atoms with van der Waals surface area (Å²) in [5.41, 5.74) is 0.896. The third-order valence-corrected chi connectivity index (χ3v) is 3.04.